The molecule has 1 aromatic carbocycles. The first kappa shape index (κ1) is 8.30. The zero-order valence-corrected chi connectivity index (χ0v) is 8.24. The summed E-state index contributed by atoms with van der Waals surface area (Å²) in [7, 11) is 0. The van der Waals surface area contributed by atoms with Crippen molar-refractivity contribution in [2.75, 3.05) is 18.8 Å². The SMILES string of the molecule is Nc1ccc(C2CC3CNCC32)cc1. The third-order valence-electron chi connectivity index (χ3n) is 3.83. The first-order valence-corrected chi connectivity index (χ1v) is 5.41. The highest BCUT2D eigenvalue weighted by Gasteiger charge is 2.44. The van der Waals surface area contributed by atoms with E-state index in [1.165, 1.54) is 25.1 Å². The van der Waals surface area contributed by atoms with Gasteiger partial charge in [-0.2, -0.15) is 0 Å². The van der Waals surface area contributed by atoms with Crippen LogP contribution in [0.15, 0.2) is 24.3 Å². The quantitative estimate of drug-likeness (QED) is 0.657. The Balaban J connectivity index is 1.80. The molecule has 3 rings (SSSR count). The third-order valence-corrected chi connectivity index (χ3v) is 3.83. The fourth-order valence-corrected chi connectivity index (χ4v) is 2.91. The zero-order chi connectivity index (χ0) is 9.54. The molecule has 1 aromatic rings. The van der Waals surface area contributed by atoms with Crippen molar-refractivity contribution in [1.82, 2.24) is 5.32 Å². The lowest BCUT2D eigenvalue weighted by atomic mass is 9.64. The number of anilines is 1. The van der Waals surface area contributed by atoms with Crippen LogP contribution < -0.4 is 11.1 Å². The first-order chi connectivity index (χ1) is 6.84. The summed E-state index contributed by atoms with van der Waals surface area (Å²) >= 11 is 0. The highest BCUT2D eigenvalue weighted by atomic mass is 14.9. The van der Waals surface area contributed by atoms with Crippen molar-refractivity contribution >= 4 is 5.69 Å². The fraction of sp³-hybridized carbons (Fsp3) is 0.500. The number of nitrogen functional groups attached to an aromatic ring is 1. The van der Waals surface area contributed by atoms with Gasteiger partial charge in [0.05, 0.1) is 0 Å². The van der Waals surface area contributed by atoms with Gasteiger partial charge in [0, 0.05) is 5.69 Å². The number of nitrogens with two attached hydrogens (primary N) is 1. The molecule has 2 fully saturated rings. The Labute approximate surface area is 84.5 Å². The van der Waals surface area contributed by atoms with E-state index in [9.17, 15) is 0 Å². The summed E-state index contributed by atoms with van der Waals surface area (Å²) in [5.74, 6) is 2.62. The minimum Gasteiger partial charge on any atom is -0.399 e. The van der Waals surface area contributed by atoms with Crippen molar-refractivity contribution in [2.45, 2.75) is 12.3 Å². The van der Waals surface area contributed by atoms with E-state index in [1.807, 2.05) is 12.1 Å². The van der Waals surface area contributed by atoms with Crippen molar-refractivity contribution in [3.05, 3.63) is 29.8 Å². The van der Waals surface area contributed by atoms with Gasteiger partial charge in [0.1, 0.15) is 0 Å². The van der Waals surface area contributed by atoms with Crippen LogP contribution in [0.1, 0.15) is 17.9 Å². The van der Waals surface area contributed by atoms with E-state index in [4.69, 9.17) is 5.73 Å². The van der Waals surface area contributed by atoms with Gasteiger partial charge < -0.3 is 11.1 Å². The van der Waals surface area contributed by atoms with Gasteiger partial charge in [-0.25, -0.2) is 0 Å². The molecule has 0 bridgehead atoms. The van der Waals surface area contributed by atoms with Gasteiger partial charge in [0.25, 0.3) is 0 Å². The van der Waals surface area contributed by atoms with Crippen LogP contribution in [-0.4, -0.2) is 13.1 Å². The number of benzene rings is 1. The van der Waals surface area contributed by atoms with E-state index in [0.717, 1.165) is 23.4 Å². The summed E-state index contributed by atoms with van der Waals surface area (Å²) in [5.41, 5.74) is 8.03. The minimum atomic E-state index is 0.788. The number of fused-ring (bicyclic) bond motifs is 1. The summed E-state index contributed by atoms with van der Waals surface area (Å²) in [6.45, 7) is 2.44. The van der Waals surface area contributed by atoms with Crippen LogP contribution in [0.25, 0.3) is 0 Å². The Morgan fingerprint density at radius 2 is 1.93 bits per heavy atom. The number of hydrogen-bond donors (Lipinski definition) is 2. The molecule has 1 saturated heterocycles. The number of hydrogen-bond acceptors (Lipinski definition) is 2. The maximum atomic E-state index is 5.68. The van der Waals surface area contributed by atoms with E-state index in [2.05, 4.69) is 17.4 Å². The van der Waals surface area contributed by atoms with Crippen LogP contribution in [0, 0.1) is 11.8 Å². The molecule has 1 aliphatic carbocycles. The molecule has 1 aliphatic heterocycles. The second kappa shape index (κ2) is 2.99. The van der Waals surface area contributed by atoms with Crippen LogP contribution in [0.3, 0.4) is 0 Å². The summed E-state index contributed by atoms with van der Waals surface area (Å²) in [4.78, 5) is 0. The summed E-state index contributed by atoms with van der Waals surface area (Å²) in [6, 6.07) is 8.42. The maximum Gasteiger partial charge on any atom is 0.0314 e. The zero-order valence-electron chi connectivity index (χ0n) is 8.24. The molecule has 2 heteroatoms. The van der Waals surface area contributed by atoms with Crippen LogP contribution in [-0.2, 0) is 0 Å². The molecule has 0 radical (unpaired) electrons. The van der Waals surface area contributed by atoms with Gasteiger partial charge in [-0.3, -0.25) is 0 Å². The topological polar surface area (TPSA) is 38.0 Å². The lowest BCUT2D eigenvalue weighted by Gasteiger charge is -2.40. The number of nitrogens with one attached hydrogen (secondary N) is 1. The summed E-state index contributed by atoms with van der Waals surface area (Å²) in [6.07, 6.45) is 1.36. The lowest BCUT2D eigenvalue weighted by molar-refractivity contribution is 0.191. The molecule has 3 N–H and O–H groups in total. The normalized spacial score (nSPS) is 35.0. The minimum absolute atomic E-state index is 0.788. The smallest absolute Gasteiger partial charge is 0.0314 e. The molecule has 0 aromatic heterocycles. The maximum absolute atomic E-state index is 5.68. The highest BCUT2D eigenvalue weighted by Crippen LogP contribution is 2.48. The monoisotopic (exact) mass is 188 g/mol. The van der Waals surface area contributed by atoms with Gasteiger partial charge in [0.15, 0.2) is 0 Å². The predicted molar refractivity (Wildman–Crippen MR) is 58.1 cm³/mol. The van der Waals surface area contributed by atoms with Crippen molar-refractivity contribution in [3.8, 4) is 0 Å². The lowest BCUT2D eigenvalue weighted by Crippen LogP contribution is -2.33. The van der Waals surface area contributed by atoms with Crippen molar-refractivity contribution in [2.24, 2.45) is 11.8 Å². The summed E-state index contributed by atoms with van der Waals surface area (Å²) in [5, 5.41) is 3.47. The second-order valence-corrected chi connectivity index (χ2v) is 4.59. The predicted octanol–water partition coefficient (Wildman–Crippen LogP) is 1.59. The van der Waals surface area contributed by atoms with Gasteiger partial charge in [-0.15, -0.1) is 0 Å². The van der Waals surface area contributed by atoms with E-state index >= 15 is 0 Å². The van der Waals surface area contributed by atoms with Crippen LogP contribution in [0.5, 0.6) is 0 Å². The standard InChI is InChI=1S/C12H16N2/c13-10-3-1-8(2-4-10)11-5-9-6-14-7-12(9)11/h1-4,9,11-12,14H,5-7,13H2. The van der Waals surface area contributed by atoms with E-state index in [1.54, 1.807) is 0 Å². The molecule has 2 aliphatic rings. The molecule has 2 nitrogen and oxygen atoms in total. The Kier molecular flexibility index (Phi) is 1.77. The molecule has 3 unspecified atom stereocenters. The van der Waals surface area contributed by atoms with Crippen LogP contribution in [0.2, 0.25) is 0 Å². The average Bonchev–Trinajstić information content (AvgIpc) is 2.52. The van der Waals surface area contributed by atoms with Gasteiger partial charge in [-0.05, 0) is 55.0 Å². The molecule has 1 heterocycles. The molecular weight excluding hydrogens is 172 g/mol. The second-order valence-electron chi connectivity index (χ2n) is 4.59. The Morgan fingerprint density at radius 3 is 2.64 bits per heavy atom. The van der Waals surface area contributed by atoms with Gasteiger partial charge >= 0.3 is 0 Å². The van der Waals surface area contributed by atoms with Gasteiger partial charge in [-0.1, -0.05) is 12.1 Å². The molecule has 1 saturated carbocycles. The van der Waals surface area contributed by atoms with Crippen molar-refractivity contribution < 1.29 is 0 Å². The Hall–Kier alpha value is -1.02. The summed E-state index contributed by atoms with van der Waals surface area (Å²) < 4.78 is 0. The Bertz CT molecular complexity index is 331. The molecular formula is C12H16N2. The van der Waals surface area contributed by atoms with Crippen molar-refractivity contribution in [3.63, 3.8) is 0 Å². The Morgan fingerprint density at radius 1 is 1.14 bits per heavy atom. The fourth-order valence-electron chi connectivity index (χ4n) is 2.91. The largest absolute Gasteiger partial charge is 0.399 e. The van der Waals surface area contributed by atoms with Crippen molar-refractivity contribution in [1.29, 1.82) is 0 Å². The third kappa shape index (κ3) is 1.14. The molecule has 74 valence electrons. The van der Waals surface area contributed by atoms with Gasteiger partial charge in [0.2, 0.25) is 0 Å². The highest BCUT2D eigenvalue weighted by molar-refractivity contribution is 5.41. The first-order valence-electron chi connectivity index (χ1n) is 5.41. The van der Waals surface area contributed by atoms with E-state index in [-0.39, 0.29) is 0 Å². The molecule has 3 atom stereocenters. The average molecular weight is 188 g/mol. The van der Waals surface area contributed by atoms with E-state index in [0.29, 0.717) is 0 Å². The van der Waals surface area contributed by atoms with Crippen LogP contribution in [0.4, 0.5) is 5.69 Å². The van der Waals surface area contributed by atoms with Crippen LogP contribution >= 0.6 is 0 Å². The van der Waals surface area contributed by atoms with E-state index < -0.39 is 0 Å². The molecule has 14 heavy (non-hydrogen) atoms. The molecule has 0 amide bonds. The molecule has 0 spiro atoms. The number of rotatable bonds is 1.